The van der Waals surface area contributed by atoms with Gasteiger partial charge in [0, 0.05) is 0 Å². The molecule has 1 nitrogen and oxygen atoms in total. The first-order chi connectivity index (χ1) is 5.70. The number of hydrogen-bond acceptors (Lipinski definition) is 1. The van der Waals surface area contributed by atoms with Crippen LogP contribution in [0.15, 0.2) is 24.8 Å². The van der Waals surface area contributed by atoms with Crippen LogP contribution in [0.4, 0.5) is 0 Å². The predicted octanol–water partition coefficient (Wildman–Crippen LogP) is 2.50. The van der Waals surface area contributed by atoms with Gasteiger partial charge in [-0.1, -0.05) is 18.2 Å². The summed E-state index contributed by atoms with van der Waals surface area (Å²) in [5, 5.41) is 9.73. The van der Waals surface area contributed by atoms with Crippen LogP contribution in [0.1, 0.15) is 19.3 Å². The maximum Gasteiger partial charge on any atom is 0.0968 e. The Morgan fingerprint density at radius 3 is 3.00 bits per heavy atom. The summed E-state index contributed by atoms with van der Waals surface area (Å²) in [4.78, 5) is 0. The molecule has 0 fully saturated rings. The third kappa shape index (κ3) is 2.36. The van der Waals surface area contributed by atoms with Crippen LogP contribution in [0.5, 0.6) is 0 Å². The van der Waals surface area contributed by atoms with Crippen molar-refractivity contribution in [3.05, 3.63) is 24.8 Å². The van der Waals surface area contributed by atoms with Gasteiger partial charge in [0.05, 0.1) is 11.5 Å². The minimum atomic E-state index is -0.743. The fraction of sp³-hybridized carbons (Fsp3) is 0.600. The van der Waals surface area contributed by atoms with Gasteiger partial charge in [-0.25, -0.2) is 0 Å². The highest BCUT2D eigenvalue weighted by Gasteiger charge is 2.30. The molecule has 0 heterocycles. The van der Waals surface area contributed by atoms with Gasteiger partial charge in [-0.05, 0) is 25.2 Å². The van der Waals surface area contributed by atoms with Crippen LogP contribution in [0.2, 0.25) is 0 Å². The Labute approximate surface area is 78.7 Å². The molecule has 68 valence electrons. The third-order valence-electron chi connectivity index (χ3n) is 2.27. The van der Waals surface area contributed by atoms with Crippen molar-refractivity contribution < 1.29 is 5.11 Å². The maximum atomic E-state index is 9.73. The van der Waals surface area contributed by atoms with Gasteiger partial charge in [-0.3, -0.25) is 0 Å². The summed E-state index contributed by atoms with van der Waals surface area (Å²) in [5.41, 5.74) is -0.743. The Morgan fingerprint density at radius 2 is 2.50 bits per heavy atom. The second-order valence-electron chi connectivity index (χ2n) is 3.43. The number of halogens is 1. The highest BCUT2D eigenvalue weighted by atomic mass is 35.5. The molecule has 12 heavy (non-hydrogen) atoms. The van der Waals surface area contributed by atoms with Gasteiger partial charge in [-0.2, -0.15) is 0 Å². The van der Waals surface area contributed by atoms with E-state index in [1.54, 1.807) is 0 Å². The quantitative estimate of drug-likeness (QED) is 0.529. The summed E-state index contributed by atoms with van der Waals surface area (Å²) in [7, 11) is 0. The average molecular weight is 187 g/mol. The summed E-state index contributed by atoms with van der Waals surface area (Å²) < 4.78 is 0. The lowest BCUT2D eigenvalue weighted by atomic mass is 9.97. The molecule has 0 spiro atoms. The Hall–Kier alpha value is -0.270. The largest absolute Gasteiger partial charge is 0.385 e. The first-order valence-electron chi connectivity index (χ1n) is 4.29. The van der Waals surface area contributed by atoms with E-state index in [1.807, 2.05) is 12.2 Å². The van der Waals surface area contributed by atoms with Gasteiger partial charge in [0.2, 0.25) is 0 Å². The first-order valence-corrected chi connectivity index (χ1v) is 4.82. The Kier molecular flexibility index (Phi) is 3.36. The molecule has 2 unspecified atom stereocenters. The second-order valence-corrected chi connectivity index (χ2v) is 3.69. The standard InChI is InChI=1S/C10H15ClO/c1-2-3-4-9-5-6-10(12,7-9)8-11/h2,5-6,9,12H,1,3-4,7-8H2. The smallest absolute Gasteiger partial charge is 0.0968 e. The fourth-order valence-corrected chi connectivity index (χ4v) is 1.73. The van der Waals surface area contributed by atoms with Crippen molar-refractivity contribution in [3.63, 3.8) is 0 Å². The van der Waals surface area contributed by atoms with Crippen molar-refractivity contribution in [1.82, 2.24) is 0 Å². The third-order valence-corrected chi connectivity index (χ3v) is 2.73. The van der Waals surface area contributed by atoms with Crippen LogP contribution in [-0.4, -0.2) is 16.6 Å². The highest BCUT2D eigenvalue weighted by molar-refractivity contribution is 6.18. The highest BCUT2D eigenvalue weighted by Crippen LogP contribution is 2.31. The average Bonchev–Trinajstić information content (AvgIpc) is 2.45. The van der Waals surface area contributed by atoms with Crippen molar-refractivity contribution in [2.75, 3.05) is 5.88 Å². The van der Waals surface area contributed by atoms with Crippen LogP contribution in [0.3, 0.4) is 0 Å². The number of allylic oxidation sites excluding steroid dienone is 2. The van der Waals surface area contributed by atoms with E-state index in [1.165, 1.54) is 0 Å². The molecular weight excluding hydrogens is 172 g/mol. The molecule has 0 radical (unpaired) electrons. The molecule has 0 amide bonds. The van der Waals surface area contributed by atoms with Crippen LogP contribution in [0, 0.1) is 5.92 Å². The van der Waals surface area contributed by atoms with Gasteiger partial charge < -0.3 is 5.11 Å². The minimum absolute atomic E-state index is 0.300. The van der Waals surface area contributed by atoms with E-state index < -0.39 is 5.60 Å². The lowest BCUT2D eigenvalue weighted by Gasteiger charge is -2.18. The van der Waals surface area contributed by atoms with Crippen molar-refractivity contribution in [3.8, 4) is 0 Å². The van der Waals surface area contributed by atoms with Gasteiger partial charge in [0.15, 0.2) is 0 Å². The molecule has 0 aromatic rings. The summed E-state index contributed by atoms with van der Waals surface area (Å²) in [5.74, 6) is 0.778. The minimum Gasteiger partial charge on any atom is -0.385 e. The van der Waals surface area contributed by atoms with E-state index in [4.69, 9.17) is 11.6 Å². The molecule has 0 aromatic heterocycles. The normalized spacial score (nSPS) is 34.0. The zero-order valence-corrected chi connectivity index (χ0v) is 7.93. The van der Waals surface area contributed by atoms with Crippen molar-refractivity contribution >= 4 is 11.6 Å². The summed E-state index contributed by atoms with van der Waals surface area (Å²) in [6.45, 7) is 3.67. The predicted molar refractivity (Wildman–Crippen MR) is 52.3 cm³/mol. The van der Waals surface area contributed by atoms with Gasteiger partial charge in [0.1, 0.15) is 0 Å². The number of hydrogen-bond donors (Lipinski definition) is 1. The van der Waals surface area contributed by atoms with E-state index >= 15 is 0 Å². The Balaban J connectivity index is 2.36. The van der Waals surface area contributed by atoms with E-state index in [-0.39, 0.29) is 0 Å². The lowest BCUT2D eigenvalue weighted by Crippen LogP contribution is -2.26. The molecule has 2 heteroatoms. The number of rotatable bonds is 4. The van der Waals surface area contributed by atoms with Crippen molar-refractivity contribution in [2.24, 2.45) is 5.92 Å². The van der Waals surface area contributed by atoms with E-state index in [0.29, 0.717) is 11.8 Å². The topological polar surface area (TPSA) is 20.2 Å². The van der Waals surface area contributed by atoms with Crippen LogP contribution < -0.4 is 0 Å². The second kappa shape index (κ2) is 4.11. The molecule has 0 bridgehead atoms. The molecule has 0 saturated heterocycles. The summed E-state index contributed by atoms with van der Waals surface area (Å²) >= 11 is 5.63. The molecule has 1 aliphatic rings. The van der Waals surface area contributed by atoms with E-state index in [9.17, 15) is 5.11 Å². The van der Waals surface area contributed by atoms with Gasteiger partial charge >= 0.3 is 0 Å². The maximum absolute atomic E-state index is 9.73. The van der Waals surface area contributed by atoms with Crippen molar-refractivity contribution in [1.29, 1.82) is 0 Å². The zero-order valence-electron chi connectivity index (χ0n) is 7.17. The van der Waals surface area contributed by atoms with Crippen LogP contribution in [-0.2, 0) is 0 Å². The molecule has 1 aliphatic carbocycles. The van der Waals surface area contributed by atoms with Crippen molar-refractivity contribution in [2.45, 2.75) is 24.9 Å². The van der Waals surface area contributed by atoms with Crippen LogP contribution in [0.25, 0.3) is 0 Å². The Bertz CT molecular complexity index is 188. The molecular formula is C10H15ClO. The van der Waals surface area contributed by atoms with Gasteiger partial charge in [-0.15, -0.1) is 18.2 Å². The molecule has 1 rings (SSSR count). The SMILES string of the molecule is C=CCCC1C=CC(O)(CCl)C1. The zero-order chi connectivity index (χ0) is 9.03. The fourth-order valence-electron chi connectivity index (χ4n) is 1.53. The van der Waals surface area contributed by atoms with Crippen LogP contribution >= 0.6 is 11.6 Å². The van der Waals surface area contributed by atoms with Gasteiger partial charge in [0.25, 0.3) is 0 Å². The summed E-state index contributed by atoms with van der Waals surface area (Å²) in [6, 6.07) is 0. The number of alkyl halides is 1. The Morgan fingerprint density at radius 1 is 1.75 bits per heavy atom. The molecule has 0 saturated carbocycles. The lowest BCUT2D eigenvalue weighted by molar-refractivity contribution is 0.104. The van der Waals surface area contributed by atoms with E-state index in [2.05, 4.69) is 12.7 Å². The monoisotopic (exact) mass is 186 g/mol. The molecule has 2 atom stereocenters. The molecule has 1 N–H and O–H groups in total. The molecule has 0 aliphatic heterocycles. The number of aliphatic hydroxyl groups is 1. The first kappa shape index (κ1) is 9.82. The molecule has 0 aromatic carbocycles. The summed E-state index contributed by atoms with van der Waals surface area (Å²) in [6.07, 6.45) is 8.64. The van der Waals surface area contributed by atoms with E-state index in [0.717, 1.165) is 19.3 Å².